The number of carboxylic acid groups (broad SMARTS) is 2. The molecular weight excluding hydrogens is 660 g/mol. The fourth-order valence-electron chi connectivity index (χ4n) is 7.61. The van der Waals surface area contributed by atoms with E-state index in [0.717, 1.165) is 67.1 Å². The molecule has 0 radical (unpaired) electrons. The Bertz CT molecular complexity index is 1800. The van der Waals surface area contributed by atoms with Crippen LogP contribution in [0.5, 0.6) is 11.5 Å². The summed E-state index contributed by atoms with van der Waals surface area (Å²) in [6.45, 7) is 10.6. The van der Waals surface area contributed by atoms with E-state index < -0.39 is 36.2 Å². The molecule has 0 aromatic heterocycles. The molecule has 0 saturated carbocycles. The van der Waals surface area contributed by atoms with Gasteiger partial charge in [0.05, 0.1) is 12.2 Å². The van der Waals surface area contributed by atoms with E-state index in [1.807, 2.05) is 60.0 Å². The van der Waals surface area contributed by atoms with Gasteiger partial charge in [0.2, 0.25) is 0 Å². The Kier molecular flexibility index (Phi) is 11.3. The predicted molar refractivity (Wildman–Crippen MR) is 197 cm³/mol. The second-order valence-electron chi connectivity index (χ2n) is 14.3. The average molecular weight is 709 g/mol. The lowest BCUT2D eigenvalue weighted by Gasteiger charge is -2.21. The van der Waals surface area contributed by atoms with Crippen molar-refractivity contribution in [3.05, 3.63) is 117 Å². The molecule has 2 heterocycles. The topological polar surface area (TPSA) is 140 Å². The maximum atomic E-state index is 11.6. The van der Waals surface area contributed by atoms with Gasteiger partial charge in [-0.3, -0.25) is 19.4 Å². The lowest BCUT2D eigenvalue weighted by atomic mass is 9.92. The molecule has 6 rings (SSSR count). The van der Waals surface area contributed by atoms with Crippen LogP contribution >= 0.6 is 0 Å². The minimum atomic E-state index is -0.908. The first-order valence-electron chi connectivity index (χ1n) is 17.8. The molecule has 0 aliphatic carbocycles. The van der Waals surface area contributed by atoms with E-state index in [-0.39, 0.29) is 12.8 Å². The van der Waals surface area contributed by atoms with Crippen molar-refractivity contribution in [3.63, 3.8) is 0 Å². The van der Waals surface area contributed by atoms with E-state index in [9.17, 15) is 30.0 Å². The summed E-state index contributed by atoms with van der Waals surface area (Å²) in [5, 5.41) is 39.1. The smallest absolute Gasteiger partial charge is 0.321 e. The van der Waals surface area contributed by atoms with Gasteiger partial charge < -0.3 is 29.9 Å². The number of aliphatic hydroxyl groups is 2. The van der Waals surface area contributed by atoms with Gasteiger partial charge in [0, 0.05) is 39.0 Å². The fraction of sp³-hybridized carbons (Fsp3) is 0.381. The molecule has 4 aromatic carbocycles. The number of benzene rings is 4. The average Bonchev–Trinajstić information content (AvgIpc) is 3.66. The number of aliphatic hydroxyl groups excluding tert-OH is 2. The Morgan fingerprint density at radius 2 is 1.04 bits per heavy atom. The van der Waals surface area contributed by atoms with Crippen LogP contribution in [0.1, 0.15) is 57.3 Å². The highest BCUT2D eigenvalue weighted by Gasteiger charge is 2.36. The summed E-state index contributed by atoms with van der Waals surface area (Å²) in [5.74, 6) is -0.282. The predicted octanol–water partition coefficient (Wildman–Crippen LogP) is 5.78. The van der Waals surface area contributed by atoms with Crippen molar-refractivity contribution in [2.24, 2.45) is 0 Å². The summed E-state index contributed by atoms with van der Waals surface area (Å²) in [6.07, 6.45) is -0.768. The quantitative estimate of drug-likeness (QED) is 0.135. The molecule has 0 unspecified atom stereocenters. The van der Waals surface area contributed by atoms with Crippen molar-refractivity contribution in [3.8, 4) is 22.6 Å². The number of hydrogen-bond acceptors (Lipinski definition) is 8. The van der Waals surface area contributed by atoms with Crippen molar-refractivity contribution in [1.82, 2.24) is 9.80 Å². The highest BCUT2D eigenvalue weighted by molar-refractivity contribution is 5.75. The molecule has 2 saturated heterocycles. The largest absolute Gasteiger partial charge is 0.489 e. The molecule has 10 heteroatoms. The van der Waals surface area contributed by atoms with Gasteiger partial charge in [0.15, 0.2) is 0 Å². The van der Waals surface area contributed by atoms with Crippen molar-refractivity contribution < 1.29 is 39.5 Å². The second-order valence-corrected chi connectivity index (χ2v) is 14.3. The maximum absolute atomic E-state index is 11.6. The van der Waals surface area contributed by atoms with Crippen LogP contribution in [0.4, 0.5) is 0 Å². The van der Waals surface area contributed by atoms with E-state index in [1.54, 1.807) is 0 Å². The number of ether oxygens (including phenoxy) is 2. The standard InChI is InChI=1S/C42H48N2O8/c1-25-15-29(19-43-21-33(45)17-37(43)41(47)48)11-13-39(25)51-23-31-7-5-9-35(27(31)3)36-10-6-8-32(28(36)4)24-52-40-14-12-30(16-26(40)2)20-44-22-34(46)18-38(44)42(49)50/h5-16,33-34,37-38,45-46H,17-24H2,1-4H3,(H,47,48)(H,49,50)/t33-,34-,37-,38-/m1/s1. The first-order chi connectivity index (χ1) is 24.9. The number of likely N-dealkylation sites (tertiary alicyclic amines) is 2. The monoisotopic (exact) mass is 708 g/mol. The molecule has 2 aliphatic rings. The van der Waals surface area contributed by atoms with Crippen molar-refractivity contribution in [2.75, 3.05) is 13.1 Å². The van der Waals surface area contributed by atoms with E-state index in [0.29, 0.717) is 39.4 Å². The van der Waals surface area contributed by atoms with Gasteiger partial charge in [-0.1, -0.05) is 60.7 Å². The maximum Gasteiger partial charge on any atom is 0.321 e. The van der Waals surface area contributed by atoms with E-state index in [4.69, 9.17) is 9.47 Å². The van der Waals surface area contributed by atoms with E-state index in [2.05, 4.69) is 50.2 Å². The third kappa shape index (κ3) is 8.32. The molecule has 4 aromatic rings. The third-order valence-corrected chi connectivity index (χ3v) is 10.5. The molecule has 274 valence electrons. The van der Waals surface area contributed by atoms with Crippen LogP contribution in [0.25, 0.3) is 11.1 Å². The summed E-state index contributed by atoms with van der Waals surface area (Å²) in [6, 6.07) is 23.0. The Morgan fingerprint density at radius 1 is 0.635 bits per heavy atom. The van der Waals surface area contributed by atoms with Crippen LogP contribution in [-0.4, -0.2) is 79.5 Å². The van der Waals surface area contributed by atoms with Crippen LogP contribution in [0.15, 0.2) is 72.8 Å². The fourth-order valence-corrected chi connectivity index (χ4v) is 7.61. The number of rotatable bonds is 13. The Balaban J connectivity index is 1.10. The molecule has 0 spiro atoms. The summed E-state index contributed by atoms with van der Waals surface area (Å²) in [5.41, 5.74) is 10.5. The normalized spacial score (nSPS) is 20.7. The van der Waals surface area contributed by atoms with Crippen LogP contribution in [-0.2, 0) is 35.9 Å². The zero-order chi connectivity index (χ0) is 37.1. The van der Waals surface area contributed by atoms with Gasteiger partial charge >= 0.3 is 11.9 Å². The molecule has 0 bridgehead atoms. The molecule has 52 heavy (non-hydrogen) atoms. The van der Waals surface area contributed by atoms with E-state index >= 15 is 0 Å². The van der Waals surface area contributed by atoms with Gasteiger partial charge in [-0.25, -0.2) is 0 Å². The van der Waals surface area contributed by atoms with Crippen LogP contribution < -0.4 is 9.47 Å². The first kappa shape index (κ1) is 37.0. The number of aryl methyl sites for hydroxylation is 2. The molecule has 2 fully saturated rings. The first-order valence-corrected chi connectivity index (χ1v) is 17.8. The molecular formula is C42H48N2O8. The highest BCUT2D eigenvalue weighted by Crippen LogP contribution is 2.33. The molecule has 4 N–H and O–H groups in total. The Labute approximate surface area is 304 Å². The van der Waals surface area contributed by atoms with Crippen LogP contribution in [0.2, 0.25) is 0 Å². The zero-order valence-corrected chi connectivity index (χ0v) is 30.2. The number of aliphatic carboxylic acids is 2. The summed E-state index contributed by atoms with van der Waals surface area (Å²) < 4.78 is 12.6. The van der Waals surface area contributed by atoms with Crippen LogP contribution in [0, 0.1) is 27.7 Å². The SMILES string of the molecule is Cc1cc(CN2C[C@H](O)C[C@@H]2C(=O)O)ccc1OCc1cccc(-c2cccc(COc3ccc(CN4C[C@H](O)C[C@@H]4C(=O)O)cc3C)c2C)c1C. The molecule has 10 nitrogen and oxygen atoms in total. The third-order valence-electron chi connectivity index (χ3n) is 10.5. The van der Waals surface area contributed by atoms with Gasteiger partial charge in [0.25, 0.3) is 0 Å². The van der Waals surface area contributed by atoms with Gasteiger partial charge in [-0.15, -0.1) is 0 Å². The lowest BCUT2D eigenvalue weighted by molar-refractivity contribution is -0.143. The van der Waals surface area contributed by atoms with E-state index in [1.165, 1.54) is 0 Å². The Hall–Kier alpha value is -4.74. The van der Waals surface area contributed by atoms with Crippen molar-refractivity contribution in [1.29, 1.82) is 0 Å². The summed E-state index contributed by atoms with van der Waals surface area (Å²) in [4.78, 5) is 26.9. The van der Waals surface area contributed by atoms with Gasteiger partial charge in [-0.05, 0) is 95.5 Å². The minimum Gasteiger partial charge on any atom is -0.489 e. The summed E-state index contributed by atoms with van der Waals surface area (Å²) >= 11 is 0. The zero-order valence-electron chi connectivity index (χ0n) is 30.2. The number of carboxylic acids is 2. The second kappa shape index (κ2) is 15.9. The van der Waals surface area contributed by atoms with Gasteiger partial charge in [-0.2, -0.15) is 0 Å². The minimum absolute atomic E-state index is 0.243. The molecule has 2 aliphatic heterocycles. The Morgan fingerprint density at radius 3 is 1.40 bits per heavy atom. The van der Waals surface area contributed by atoms with Crippen molar-refractivity contribution >= 4 is 11.9 Å². The highest BCUT2D eigenvalue weighted by atomic mass is 16.5. The summed E-state index contributed by atoms with van der Waals surface area (Å²) in [7, 11) is 0. The van der Waals surface area contributed by atoms with Crippen LogP contribution in [0.3, 0.4) is 0 Å². The van der Waals surface area contributed by atoms with Gasteiger partial charge in [0.1, 0.15) is 36.8 Å². The molecule has 4 atom stereocenters. The molecule has 0 amide bonds. The van der Waals surface area contributed by atoms with Crippen molar-refractivity contribution in [2.45, 2.75) is 91.1 Å². The lowest BCUT2D eigenvalue weighted by Crippen LogP contribution is -2.35. The number of hydrogen-bond donors (Lipinski definition) is 4. The number of nitrogens with zero attached hydrogens (tertiary/aromatic N) is 2. The number of β-amino-alcohol motifs (C(OH)–C–C–N with tert-alkyl or cyclic N) is 2. The number of carbonyl (C=O) groups is 2.